The average Bonchev–Trinajstić information content (AvgIpc) is 2.53. The fraction of sp³-hybridized carbons (Fsp3) is 0.429. The minimum atomic E-state index is -0.706. The van der Waals surface area contributed by atoms with E-state index < -0.39 is 24.0 Å². The maximum atomic E-state index is 11.2. The quantitative estimate of drug-likeness (QED) is 0.217. The van der Waals surface area contributed by atoms with Gasteiger partial charge in [-0.15, -0.1) is 0 Å². The van der Waals surface area contributed by atoms with Crippen molar-refractivity contribution in [3.63, 3.8) is 0 Å². The summed E-state index contributed by atoms with van der Waals surface area (Å²) in [4.78, 5) is 22.5. The van der Waals surface area contributed by atoms with E-state index in [0.29, 0.717) is 10.7 Å². The molecule has 0 fully saturated rings. The van der Waals surface area contributed by atoms with Crippen LogP contribution in [0.4, 0.5) is 0 Å². The van der Waals surface area contributed by atoms with Crippen molar-refractivity contribution in [2.24, 2.45) is 11.5 Å². The first-order valence-corrected chi connectivity index (χ1v) is 10.1. The second-order valence-corrected chi connectivity index (χ2v) is 8.07. The van der Waals surface area contributed by atoms with Gasteiger partial charge in [-0.25, -0.2) is 0 Å². The van der Waals surface area contributed by atoms with Crippen LogP contribution in [0.1, 0.15) is 34.6 Å². The largest absolute Gasteiger partial charge is 0.506 e. The molecule has 0 aromatic heterocycles. The summed E-state index contributed by atoms with van der Waals surface area (Å²) in [5.74, 6) is -1.56. The van der Waals surface area contributed by atoms with E-state index in [9.17, 15) is 14.7 Å². The zero-order valence-electron chi connectivity index (χ0n) is 13.9. The van der Waals surface area contributed by atoms with Gasteiger partial charge in [-0.2, -0.15) is 0 Å². The number of hydrogen-bond donors (Lipinski definition) is 7. The highest BCUT2D eigenvalue weighted by atomic mass is 127. The lowest BCUT2D eigenvalue weighted by molar-refractivity contribution is 0.0997. The molecule has 1 aromatic rings. The van der Waals surface area contributed by atoms with Crippen molar-refractivity contribution in [3.05, 3.63) is 21.8 Å². The van der Waals surface area contributed by atoms with E-state index in [0.717, 1.165) is 0 Å². The second-order valence-electron chi connectivity index (χ2n) is 4.83. The highest BCUT2D eigenvalue weighted by Crippen LogP contribution is 2.35. The molecular weight excluding hydrogens is 689 g/mol. The van der Waals surface area contributed by atoms with E-state index in [1.165, 1.54) is 13.8 Å². The number of carbonyl (C=O) groups excluding carboxylic acids is 2. The van der Waals surface area contributed by atoms with Gasteiger partial charge in [0.15, 0.2) is 0 Å². The molecule has 0 saturated heterocycles. The van der Waals surface area contributed by atoms with Crippen LogP contribution in [-0.4, -0.2) is 62.8 Å². The Hall–Kier alpha value is -0.0100. The maximum absolute atomic E-state index is 11.2. The van der Waals surface area contributed by atoms with Crippen molar-refractivity contribution in [3.8, 4) is 5.75 Å². The Morgan fingerprint density at radius 1 is 0.846 bits per heavy atom. The first-order valence-electron chi connectivity index (χ1n) is 6.90. The standard InChI is InChI=1S/C8H5I3N2O3.2C3H8O2/c9-3-1(7(12)15)4(10)6(14)5(11)2(3)8(13)16;2*1-3(5)2-4/h14H,(H2,12,15)(H2,13,16);2*3-5H,2H2,1H3. The molecule has 0 aliphatic carbocycles. The number of primary amides is 2. The SMILES string of the molecule is CC(O)CO.CC(O)CO.NC(=O)c1c(I)c(O)c(I)c(C(N)=O)c1I. The summed E-state index contributed by atoms with van der Waals surface area (Å²) in [5, 5.41) is 41.8. The average molecular weight is 710 g/mol. The molecule has 2 amide bonds. The van der Waals surface area contributed by atoms with Crippen LogP contribution >= 0.6 is 67.8 Å². The van der Waals surface area contributed by atoms with Crippen LogP contribution in [0.5, 0.6) is 5.75 Å². The van der Waals surface area contributed by atoms with Crippen molar-refractivity contribution in [2.75, 3.05) is 13.2 Å². The van der Waals surface area contributed by atoms with Gasteiger partial charge in [0.05, 0.1) is 43.7 Å². The number of aliphatic hydroxyl groups is 4. The van der Waals surface area contributed by atoms with E-state index in [1.807, 2.05) is 22.6 Å². The molecule has 1 rings (SSSR count). The summed E-state index contributed by atoms with van der Waals surface area (Å²) >= 11 is 5.41. The summed E-state index contributed by atoms with van der Waals surface area (Å²) in [6.07, 6.45) is -1.12. The number of rotatable bonds is 4. The lowest BCUT2D eigenvalue weighted by Gasteiger charge is -2.12. The van der Waals surface area contributed by atoms with Crippen LogP contribution < -0.4 is 11.5 Å². The van der Waals surface area contributed by atoms with Crippen molar-refractivity contribution >= 4 is 79.6 Å². The van der Waals surface area contributed by atoms with Crippen molar-refractivity contribution < 1.29 is 35.1 Å². The van der Waals surface area contributed by atoms with Gasteiger partial charge in [0.25, 0.3) is 11.8 Å². The smallest absolute Gasteiger partial charge is 0.251 e. The molecule has 150 valence electrons. The topological polar surface area (TPSA) is 187 Å². The molecule has 1 aromatic carbocycles. The van der Waals surface area contributed by atoms with Gasteiger partial charge >= 0.3 is 0 Å². The van der Waals surface area contributed by atoms with Crippen molar-refractivity contribution in [1.82, 2.24) is 0 Å². The van der Waals surface area contributed by atoms with Crippen LogP contribution in [0.15, 0.2) is 0 Å². The van der Waals surface area contributed by atoms with Gasteiger partial charge in [-0.05, 0) is 81.6 Å². The fourth-order valence-corrected chi connectivity index (χ4v) is 5.31. The minimum Gasteiger partial charge on any atom is -0.506 e. The van der Waals surface area contributed by atoms with Gasteiger partial charge in [-0.1, -0.05) is 0 Å². The molecule has 12 heteroatoms. The Labute approximate surface area is 191 Å². The molecule has 0 saturated carbocycles. The third-order valence-corrected chi connectivity index (χ3v) is 5.49. The summed E-state index contributed by atoms with van der Waals surface area (Å²) in [6, 6.07) is 0. The third-order valence-electron chi connectivity index (χ3n) is 2.32. The molecule has 0 heterocycles. The highest BCUT2D eigenvalue weighted by Gasteiger charge is 2.25. The van der Waals surface area contributed by atoms with E-state index >= 15 is 0 Å². The zero-order chi connectivity index (χ0) is 21.2. The van der Waals surface area contributed by atoms with Crippen molar-refractivity contribution in [2.45, 2.75) is 26.1 Å². The first kappa shape index (κ1) is 28.2. The Balaban J connectivity index is 0. The predicted molar refractivity (Wildman–Crippen MR) is 121 cm³/mol. The van der Waals surface area contributed by atoms with Gasteiger partial charge < -0.3 is 37.0 Å². The predicted octanol–water partition coefficient (Wildman–Crippen LogP) is 0.123. The number of amides is 2. The Morgan fingerprint density at radius 2 is 1.08 bits per heavy atom. The second kappa shape index (κ2) is 14.1. The van der Waals surface area contributed by atoms with Crippen LogP contribution in [-0.2, 0) is 0 Å². The Kier molecular flexibility index (Phi) is 15.2. The minimum absolute atomic E-state index is 0.118. The highest BCUT2D eigenvalue weighted by molar-refractivity contribution is 14.1. The molecule has 9 nitrogen and oxygen atoms in total. The number of carbonyl (C=O) groups is 2. The number of aliphatic hydroxyl groups excluding tert-OH is 4. The monoisotopic (exact) mass is 710 g/mol. The van der Waals surface area contributed by atoms with Gasteiger partial charge in [-0.3, -0.25) is 9.59 Å². The van der Waals surface area contributed by atoms with Crippen LogP contribution in [0.25, 0.3) is 0 Å². The summed E-state index contributed by atoms with van der Waals surface area (Å²) in [6.45, 7) is 2.78. The molecule has 9 N–H and O–H groups in total. The Bertz CT molecular complexity index is 576. The third kappa shape index (κ3) is 9.79. The van der Waals surface area contributed by atoms with Crippen LogP contribution in [0.2, 0.25) is 0 Å². The normalized spacial score (nSPS) is 12.0. The number of benzene rings is 1. The summed E-state index contributed by atoms with van der Waals surface area (Å²) < 4.78 is 1.01. The Morgan fingerprint density at radius 3 is 1.23 bits per heavy atom. The van der Waals surface area contributed by atoms with E-state index in [2.05, 4.69) is 0 Å². The van der Waals surface area contributed by atoms with E-state index in [1.54, 1.807) is 45.2 Å². The lowest BCUT2D eigenvalue weighted by Crippen LogP contribution is -2.21. The first-order chi connectivity index (χ1) is 11.8. The molecular formula is C14H21I3N2O7. The zero-order valence-corrected chi connectivity index (χ0v) is 20.4. The molecule has 2 atom stereocenters. The van der Waals surface area contributed by atoms with Crippen molar-refractivity contribution in [1.29, 1.82) is 0 Å². The number of nitrogens with two attached hydrogens (primary N) is 2. The number of hydrogen-bond acceptors (Lipinski definition) is 7. The molecule has 2 unspecified atom stereocenters. The molecule has 26 heavy (non-hydrogen) atoms. The van der Waals surface area contributed by atoms with Crippen LogP contribution in [0.3, 0.4) is 0 Å². The van der Waals surface area contributed by atoms with E-state index in [-0.39, 0.29) is 30.1 Å². The molecule has 0 aliphatic heterocycles. The summed E-state index contributed by atoms with van der Waals surface area (Å²) in [7, 11) is 0. The van der Waals surface area contributed by atoms with E-state index in [4.69, 9.17) is 31.9 Å². The van der Waals surface area contributed by atoms with Gasteiger partial charge in [0, 0.05) is 3.57 Å². The number of phenolic OH excluding ortho intramolecular Hbond substituents is 1. The summed E-state index contributed by atoms with van der Waals surface area (Å²) in [5.41, 5.74) is 10.6. The molecule has 0 aliphatic rings. The maximum Gasteiger partial charge on any atom is 0.251 e. The fourth-order valence-electron chi connectivity index (χ4n) is 1.08. The number of aromatic hydroxyl groups is 1. The van der Waals surface area contributed by atoms with Crippen LogP contribution in [0, 0.1) is 10.7 Å². The molecule has 0 bridgehead atoms. The van der Waals surface area contributed by atoms with Gasteiger partial charge in [0.2, 0.25) is 0 Å². The number of phenols is 1. The lowest BCUT2D eigenvalue weighted by atomic mass is 10.1. The number of halogens is 3. The van der Waals surface area contributed by atoms with Gasteiger partial charge in [0.1, 0.15) is 5.75 Å². The molecule has 0 radical (unpaired) electrons. The molecule has 0 spiro atoms.